The average molecular weight is 298 g/mol. The molecule has 0 aliphatic carbocycles. The van der Waals surface area contributed by atoms with Crippen molar-refractivity contribution in [2.75, 3.05) is 0 Å². The molecule has 2 heterocycles. The van der Waals surface area contributed by atoms with E-state index in [1.807, 2.05) is 36.6 Å². The van der Waals surface area contributed by atoms with Gasteiger partial charge in [0.15, 0.2) is 0 Å². The molecule has 0 saturated carbocycles. The van der Waals surface area contributed by atoms with Gasteiger partial charge in [0.05, 0.1) is 17.5 Å². The summed E-state index contributed by atoms with van der Waals surface area (Å²) in [7, 11) is 0. The molecule has 1 N–H and O–H groups in total. The standard InChI is InChI=1S/C18H19FN2O/c1-3-16(22)17-15(11-13-6-8-14(19)9-7-13)20-18-12(2)5-4-10-21(17)18/h4-10,16,22H,3,11H2,1-2H3. The molecule has 114 valence electrons. The zero-order valence-corrected chi connectivity index (χ0v) is 12.8. The number of imidazole rings is 1. The second-order valence-corrected chi connectivity index (χ2v) is 5.56. The van der Waals surface area contributed by atoms with Crippen LogP contribution in [0.15, 0.2) is 42.6 Å². The fourth-order valence-corrected chi connectivity index (χ4v) is 2.74. The van der Waals surface area contributed by atoms with Gasteiger partial charge in [-0.15, -0.1) is 0 Å². The number of aryl methyl sites for hydroxylation is 1. The van der Waals surface area contributed by atoms with Crippen molar-refractivity contribution in [3.05, 3.63) is 70.9 Å². The van der Waals surface area contributed by atoms with Crippen molar-refractivity contribution >= 4 is 5.65 Å². The number of fused-ring (bicyclic) bond motifs is 1. The number of aromatic nitrogens is 2. The molecule has 3 rings (SSSR count). The predicted octanol–water partition coefficient (Wildman–Crippen LogP) is 3.82. The van der Waals surface area contributed by atoms with Crippen molar-refractivity contribution in [2.24, 2.45) is 0 Å². The number of halogens is 1. The average Bonchev–Trinajstić information content (AvgIpc) is 2.88. The predicted molar refractivity (Wildman–Crippen MR) is 84.4 cm³/mol. The number of nitrogens with zero attached hydrogens (tertiary/aromatic N) is 2. The highest BCUT2D eigenvalue weighted by molar-refractivity contribution is 5.51. The van der Waals surface area contributed by atoms with E-state index in [0.717, 1.165) is 28.2 Å². The van der Waals surface area contributed by atoms with Crippen molar-refractivity contribution in [1.29, 1.82) is 0 Å². The van der Waals surface area contributed by atoms with Gasteiger partial charge in [-0.2, -0.15) is 0 Å². The van der Waals surface area contributed by atoms with Crippen molar-refractivity contribution in [3.8, 4) is 0 Å². The third-order valence-corrected chi connectivity index (χ3v) is 3.95. The van der Waals surface area contributed by atoms with Gasteiger partial charge in [0.2, 0.25) is 0 Å². The molecule has 2 aromatic heterocycles. The number of hydrogen-bond donors (Lipinski definition) is 1. The molecule has 4 heteroatoms. The second-order valence-electron chi connectivity index (χ2n) is 5.56. The first-order chi connectivity index (χ1) is 10.6. The van der Waals surface area contributed by atoms with Crippen LogP contribution in [-0.2, 0) is 6.42 Å². The molecular weight excluding hydrogens is 279 g/mol. The van der Waals surface area contributed by atoms with E-state index in [9.17, 15) is 9.50 Å². The first-order valence-corrected chi connectivity index (χ1v) is 7.49. The van der Waals surface area contributed by atoms with E-state index in [4.69, 9.17) is 4.98 Å². The zero-order valence-electron chi connectivity index (χ0n) is 12.8. The van der Waals surface area contributed by atoms with Crippen LogP contribution in [0.2, 0.25) is 0 Å². The van der Waals surface area contributed by atoms with Gasteiger partial charge in [-0.25, -0.2) is 9.37 Å². The summed E-state index contributed by atoms with van der Waals surface area (Å²) in [5, 5.41) is 10.4. The highest BCUT2D eigenvalue weighted by Crippen LogP contribution is 2.26. The van der Waals surface area contributed by atoms with E-state index in [1.165, 1.54) is 12.1 Å². The van der Waals surface area contributed by atoms with E-state index in [0.29, 0.717) is 12.8 Å². The van der Waals surface area contributed by atoms with Crippen LogP contribution >= 0.6 is 0 Å². The SMILES string of the molecule is CCC(O)c1c(Cc2ccc(F)cc2)nc2c(C)cccn12. The molecule has 1 unspecified atom stereocenters. The fourth-order valence-electron chi connectivity index (χ4n) is 2.74. The summed E-state index contributed by atoms with van der Waals surface area (Å²) in [6, 6.07) is 10.4. The van der Waals surface area contributed by atoms with Gasteiger partial charge in [0.1, 0.15) is 11.5 Å². The molecule has 0 aliphatic rings. The maximum atomic E-state index is 13.0. The van der Waals surface area contributed by atoms with Crippen molar-refractivity contribution in [3.63, 3.8) is 0 Å². The second kappa shape index (κ2) is 5.89. The summed E-state index contributed by atoms with van der Waals surface area (Å²) in [5.74, 6) is -0.247. The van der Waals surface area contributed by atoms with Gasteiger partial charge >= 0.3 is 0 Å². The minimum Gasteiger partial charge on any atom is -0.387 e. The molecule has 0 radical (unpaired) electrons. The monoisotopic (exact) mass is 298 g/mol. The van der Waals surface area contributed by atoms with Gasteiger partial charge < -0.3 is 9.51 Å². The van der Waals surface area contributed by atoms with Crippen LogP contribution in [0, 0.1) is 12.7 Å². The summed E-state index contributed by atoms with van der Waals surface area (Å²) in [5.41, 5.74) is 4.58. The van der Waals surface area contributed by atoms with Crippen molar-refractivity contribution < 1.29 is 9.50 Å². The Labute approximate surface area is 129 Å². The first kappa shape index (κ1) is 14.7. The molecule has 0 spiro atoms. The van der Waals surface area contributed by atoms with E-state index in [-0.39, 0.29) is 5.82 Å². The lowest BCUT2D eigenvalue weighted by Gasteiger charge is -2.11. The normalized spacial score (nSPS) is 12.7. The Balaban J connectivity index is 2.11. The topological polar surface area (TPSA) is 37.5 Å². The molecule has 0 saturated heterocycles. The minimum atomic E-state index is -0.563. The Morgan fingerprint density at radius 1 is 1.23 bits per heavy atom. The van der Waals surface area contributed by atoms with E-state index >= 15 is 0 Å². The molecule has 0 aliphatic heterocycles. The summed E-state index contributed by atoms with van der Waals surface area (Å²) < 4.78 is 15.0. The lowest BCUT2D eigenvalue weighted by atomic mass is 10.1. The van der Waals surface area contributed by atoms with Crippen LogP contribution < -0.4 is 0 Å². The van der Waals surface area contributed by atoms with E-state index in [1.54, 1.807) is 12.1 Å². The molecule has 3 aromatic rings. The Hall–Kier alpha value is -2.20. The minimum absolute atomic E-state index is 0.247. The Kier molecular flexibility index (Phi) is 3.94. The molecular formula is C18H19FN2O. The number of rotatable bonds is 4. The number of hydrogen-bond acceptors (Lipinski definition) is 2. The number of aliphatic hydroxyl groups excluding tert-OH is 1. The van der Waals surface area contributed by atoms with Crippen molar-refractivity contribution in [1.82, 2.24) is 9.38 Å². The largest absolute Gasteiger partial charge is 0.387 e. The Morgan fingerprint density at radius 3 is 2.64 bits per heavy atom. The smallest absolute Gasteiger partial charge is 0.140 e. The molecule has 22 heavy (non-hydrogen) atoms. The fraction of sp³-hybridized carbons (Fsp3) is 0.278. The molecule has 0 amide bonds. The van der Waals surface area contributed by atoms with Crippen LogP contribution in [0.5, 0.6) is 0 Å². The van der Waals surface area contributed by atoms with Gasteiger partial charge in [-0.3, -0.25) is 0 Å². The summed E-state index contributed by atoms with van der Waals surface area (Å²) in [4.78, 5) is 4.71. The lowest BCUT2D eigenvalue weighted by molar-refractivity contribution is 0.167. The van der Waals surface area contributed by atoms with Gasteiger partial charge in [-0.1, -0.05) is 25.1 Å². The highest BCUT2D eigenvalue weighted by atomic mass is 19.1. The summed E-state index contributed by atoms with van der Waals surface area (Å²) in [6.07, 6.45) is 2.57. The van der Waals surface area contributed by atoms with Crippen LogP contribution in [0.25, 0.3) is 5.65 Å². The quantitative estimate of drug-likeness (QED) is 0.795. The van der Waals surface area contributed by atoms with Crippen LogP contribution in [0.3, 0.4) is 0 Å². The summed E-state index contributed by atoms with van der Waals surface area (Å²) >= 11 is 0. The van der Waals surface area contributed by atoms with E-state index < -0.39 is 6.10 Å². The van der Waals surface area contributed by atoms with Gasteiger partial charge in [0.25, 0.3) is 0 Å². The molecule has 3 nitrogen and oxygen atoms in total. The molecule has 0 fully saturated rings. The van der Waals surface area contributed by atoms with Crippen LogP contribution in [0.4, 0.5) is 4.39 Å². The number of pyridine rings is 1. The lowest BCUT2D eigenvalue weighted by Crippen LogP contribution is -2.04. The van der Waals surface area contributed by atoms with Crippen LogP contribution in [-0.4, -0.2) is 14.5 Å². The zero-order chi connectivity index (χ0) is 15.7. The maximum absolute atomic E-state index is 13.0. The van der Waals surface area contributed by atoms with Crippen molar-refractivity contribution in [2.45, 2.75) is 32.8 Å². The van der Waals surface area contributed by atoms with E-state index in [2.05, 4.69) is 0 Å². The number of aliphatic hydroxyl groups is 1. The first-order valence-electron chi connectivity index (χ1n) is 7.49. The highest BCUT2D eigenvalue weighted by Gasteiger charge is 2.19. The van der Waals surface area contributed by atoms with Gasteiger partial charge in [-0.05, 0) is 42.7 Å². The summed E-state index contributed by atoms with van der Waals surface area (Å²) in [6.45, 7) is 3.95. The molecule has 1 atom stereocenters. The Bertz CT molecular complexity index is 793. The molecule has 0 bridgehead atoms. The number of benzene rings is 1. The van der Waals surface area contributed by atoms with Gasteiger partial charge in [0, 0.05) is 12.6 Å². The molecule has 1 aromatic carbocycles. The third-order valence-electron chi connectivity index (χ3n) is 3.95. The third kappa shape index (κ3) is 2.62. The Morgan fingerprint density at radius 2 is 1.95 bits per heavy atom. The van der Waals surface area contributed by atoms with Crippen LogP contribution in [0.1, 0.15) is 42.0 Å². The maximum Gasteiger partial charge on any atom is 0.140 e.